The molecule has 1 saturated heterocycles. The van der Waals surface area contributed by atoms with Crippen LogP contribution in [-0.4, -0.2) is 56.4 Å². The van der Waals surface area contributed by atoms with Crippen LogP contribution in [0, 0.1) is 0 Å². The van der Waals surface area contributed by atoms with Crippen molar-refractivity contribution in [2.24, 2.45) is 5.73 Å². The fourth-order valence-corrected chi connectivity index (χ4v) is 2.14. The Labute approximate surface area is 103 Å². The van der Waals surface area contributed by atoms with Gasteiger partial charge in [0, 0.05) is 26.8 Å². The molecule has 0 bridgehead atoms. The Morgan fingerprint density at radius 2 is 2.18 bits per heavy atom. The molecule has 0 spiro atoms. The Balaban J connectivity index is 2.21. The molecule has 0 saturated carbocycles. The average Bonchev–Trinajstić information content (AvgIpc) is 2.28. The molecule has 0 aliphatic carbocycles. The topological polar surface area (TPSA) is 64.8 Å². The molecule has 0 unspecified atom stereocenters. The van der Waals surface area contributed by atoms with Crippen LogP contribution in [0.3, 0.4) is 0 Å². The zero-order valence-corrected chi connectivity index (χ0v) is 10.9. The quantitative estimate of drug-likeness (QED) is 0.657. The predicted octanol–water partition coefficient (Wildman–Crippen LogP) is 0.378. The van der Waals surface area contributed by atoms with Gasteiger partial charge in [-0.05, 0) is 32.7 Å². The zero-order chi connectivity index (χ0) is 12.7. The summed E-state index contributed by atoms with van der Waals surface area (Å²) in [6.07, 6.45) is 3.01. The first-order chi connectivity index (χ1) is 8.13. The van der Waals surface area contributed by atoms with Gasteiger partial charge in [-0.25, -0.2) is 0 Å². The van der Waals surface area contributed by atoms with Crippen molar-refractivity contribution in [2.45, 2.75) is 38.4 Å². The second kappa shape index (κ2) is 7.63. The Morgan fingerprint density at radius 3 is 2.82 bits per heavy atom. The molecule has 2 N–H and O–H groups in total. The Hall–Kier alpha value is -0.650. The largest absolute Gasteiger partial charge is 0.385 e. The van der Waals surface area contributed by atoms with E-state index in [1.807, 2.05) is 6.92 Å². The summed E-state index contributed by atoms with van der Waals surface area (Å²) in [5.41, 5.74) is 5.28. The van der Waals surface area contributed by atoms with Crippen molar-refractivity contribution >= 4 is 5.91 Å². The number of methoxy groups -OCH3 is 1. The van der Waals surface area contributed by atoms with E-state index in [0.717, 1.165) is 39.0 Å². The molecule has 0 aromatic heterocycles. The van der Waals surface area contributed by atoms with E-state index in [1.54, 1.807) is 7.11 Å². The van der Waals surface area contributed by atoms with Gasteiger partial charge in [-0.1, -0.05) is 0 Å². The third kappa shape index (κ3) is 5.48. The number of ether oxygens (including phenoxy) is 2. The first-order valence-electron chi connectivity index (χ1n) is 6.29. The molecule has 17 heavy (non-hydrogen) atoms. The van der Waals surface area contributed by atoms with Crippen molar-refractivity contribution in [3.05, 3.63) is 0 Å². The molecule has 100 valence electrons. The monoisotopic (exact) mass is 244 g/mol. The van der Waals surface area contributed by atoms with E-state index in [0.29, 0.717) is 6.54 Å². The van der Waals surface area contributed by atoms with Gasteiger partial charge in [0.15, 0.2) is 0 Å². The molecule has 1 aliphatic rings. The van der Waals surface area contributed by atoms with Crippen molar-refractivity contribution in [3.63, 3.8) is 0 Å². The number of primary amides is 1. The van der Waals surface area contributed by atoms with Gasteiger partial charge in [-0.2, -0.15) is 0 Å². The minimum atomic E-state index is -0.447. The van der Waals surface area contributed by atoms with E-state index in [-0.39, 0.29) is 12.0 Å². The number of rotatable bonds is 7. The van der Waals surface area contributed by atoms with Crippen molar-refractivity contribution in [2.75, 3.05) is 33.4 Å². The molecule has 0 aromatic carbocycles. The lowest BCUT2D eigenvalue weighted by Crippen LogP contribution is -2.51. The number of amides is 1. The number of carbonyl (C=O) groups excluding carboxylic acids is 1. The van der Waals surface area contributed by atoms with Gasteiger partial charge in [-0.15, -0.1) is 0 Å². The average molecular weight is 244 g/mol. The van der Waals surface area contributed by atoms with Crippen molar-refractivity contribution < 1.29 is 14.3 Å². The maximum absolute atomic E-state index is 11.1. The second-order valence-electron chi connectivity index (χ2n) is 4.65. The summed E-state index contributed by atoms with van der Waals surface area (Å²) in [4.78, 5) is 13.4. The molecule has 0 aromatic rings. The number of hydrogen-bond acceptors (Lipinski definition) is 4. The number of hydrogen-bond donors (Lipinski definition) is 1. The molecule has 1 heterocycles. The Bertz CT molecular complexity index is 236. The highest BCUT2D eigenvalue weighted by Gasteiger charge is 2.28. The highest BCUT2D eigenvalue weighted by molar-refractivity contribution is 5.79. The predicted molar refractivity (Wildman–Crippen MR) is 65.7 cm³/mol. The standard InChI is InChI=1S/C12H24N2O3/c1-10-8-14(6-4-3-5-7-16-2)9-11(17-10)12(13)15/h10-11H,3-9H2,1-2H3,(H2,13,15)/t10-,11+/m1/s1. The lowest BCUT2D eigenvalue weighted by atomic mass is 10.1. The summed E-state index contributed by atoms with van der Waals surface area (Å²) in [7, 11) is 1.72. The van der Waals surface area contributed by atoms with Crippen LogP contribution in [0.1, 0.15) is 26.2 Å². The van der Waals surface area contributed by atoms with Crippen LogP contribution in [0.5, 0.6) is 0 Å². The van der Waals surface area contributed by atoms with Crippen molar-refractivity contribution in [3.8, 4) is 0 Å². The summed E-state index contributed by atoms with van der Waals surface area (Å²) in [5, 5.41) is 0. The lowest BCUT2D eigenvalue weighted by molar-refractivity contribution is -0.142. The molecule has 5 heteroatoms. The number of nitrogens with zero attached hydrogens (tertiary/aromatic N) is 1. The molecule has 1 rings (SSSR count). The lowest BCUT2D eigenvalue weighted by Gasteiger charge is -2.35. The minimum absolute atomic E-state index is 0.0835. The van der Waals surface area contributed by atoms with Crippen LogP contribution >= 0.6 is 0 Å². The summed E-state index contributed by atoms with van der Waals surface area (Å²) in [6.45, 7) is 5.32. The third-order valence-electron chi connectivity index (χ3n) is 2.98. The van der Waals surface area contributed by atoms with E-state index >= 15 is 0 Å². The van der Waals surface area contributed by atoms with Gasteiger partial charge in [0.05, 0.1) is 6.10 Å². The van der Waals surface area contributed by atoms with E-state index in [4.69, 9.17) is 15.2 Å². The van der Waals surface area contributed by atoms with Gasteiger partial charge in [0.2, 0.25) is 5.91 Å². The number of carbonyl (C=O) groups is 1. The normalized spacial score (nSPS) is 26.0. The molecule has 0 radical (unpaired) electrons. The van der Waals surface area contributed by atoms with Crippen molar-refractivity contribution in [1.29, 1.82) is 0 Å². The van der Waals surface area contributed by atoms with Gasteiger partial charge in [-0.3, -0.25) is 9.69 Å². The first kappa shape index (κ1) is 14.4. The van der Waals surface area contributed by atoms with E-state index < -0.39 is 6.10 Å². The molecule has 1 amide bonds. The molecule has 2 atom stereocenters. The SMILES string of the molecule is COCCCCCN1C[C@@H](C)O[C@H](C(N)=O)C1. The van der Waals surface area contributed by atoms with Crippen LogP contribution in [0.15, 0.2) is 0 Å². The highest BCUT2D eigenvalue weighted by Crippen LogP contribution is 2.12. The Morgan fingerprint density at radius 1 is 1.41 bits per heavy atom. The van der Waals surface area contributed by atoms with Gasteiger partial charge in [0.25, 0.3) is 0 Å². The Kier molecular flexibility index (Phi) is 6.47. The summed E-state index contributed by atoms with van der Waals surface area (Å²) in [5.74, 6) is -0.360. The van der Waals surface area contributed by atoms with Gasteiger partial charge >= 0.3 is 0 Å². The van der Waals surface area contributed by atoms with Gasteiger partial charge in [0.1, 0.15) is 6.10 Å². The number of morpholine rings is 1. The van der Waals surface area contributed by atoms with Crippen LogP contribution in [0.25, 0.3) is 0 Å². The minimum Gasteiger partial charge on any atom is -0.385 e. The molecule has 5 nitrogen and oxygen atoms in total. The first-order valence-corrected chi connectivity index (χ1v) is 6.29. The maximum atomic E-state index is 11.1. The maximum Gasteiger partial charge on any atom is 0.247 e. The van der Waals surface area contributed by atoms with E-state index in [1.165, 1.54) is 0 Å². The molecular formula is C12H24N2O3. The summed E-state index contributed by atoms with van der Waals surface area (Å²) < 4.78 is 10.5. The van der Waals surface area contributed by atoms with Crippen LogP contribution in [0.4, 0.5) is 0 Å². The van der Waals surface area contributed by atoms with E-state index in [2.05, 4.69) is 4.90 Å². The molecule has 1 aliphatic heterocycles. The number of nitrogens with two attached hydrogens (primary N) is 1. The molecular weight excluding hydrogens is 220 g/mol. The fourth-order valence-electron chi connectivity index (χ4n) is 2.14. The fraction of sp³-hybridized carbons (Fsp3) is 0.917. The summed E-state index contributed by atoms with van der Waals surface area (Å²) in [6, 6.07) is 0. The number of unbranched alkanes of at least 4 members (excludes halogenated alkanes) is 2. The van der Waals surface area contributed by atoms with Crippen molar-refractivity contribution in [1.82, 2.24) is 4.90 Å². The smallest absolute Gasteiger partial charge is 0.247 e. The van der Waals surface area contributed by atoms with Gasteiger partial charge < -0.3 is 15.2 Å². The van der Waals surface area contributed by atoms with Crippen LogP contribution < -0.4 is 5.73 Å². The zero-order valence-electron chi connectivity index (χ0n) is 10.9. The van der Waals surface area contributed by atoms with Crippen LogP contribution in [-0.2, 0) is 14.3 Å². The highest BCUT2D eigenvalue weighted by atomic mass is 16.5. The summed E-state index contributed by atoms with van der Waals surface area (Å²) >= 11 is 0. The third-order valence-corrected chi connectivity index (χ3v) is 2.98. The van der Waals surface area contributed by atoms with E-state index in [9.17, 15) is 4.79 Å². The second-order valence-corrected chi connectivity index (χ2v) is 4.65. The molecule has 1 fully saturated rings. The van der Waals surface area contributed by atoms with Crippen LogP contribution in [0.2, 0.25) is 0 Å².